The van der Waals surface area contributed by atoms with Gasteiger partial charge in [0.25, 0.3) is 0 Å². The summed E-state index contributed by atoms with van der Waals surface area (Å²) < 4.78 is 0. The number of nitrogens with zero attached hydrogens (tertiary/aromatic N) is 1. The van der Waals surface area contributed by atoms with Crippen LogP contribution in [0.4, 0.5) is 0 Å². The third-order valence-corrected chi connectivity index (χ3v) is 1.58. The van der Waals surface area contributed by atoms with Crippen molar-refractivity contribution in [2.24, 2.45) is 0 Å². The maximum absolute atomic E-state index is 11.2. The van der Waals surface area contributed by atoms with Gasteiger partial charge in [0.1, 0.15) is 0 Å². The van der Waals surface area contributed by atoms with Crippen LogP contribution in [-0.4, -0.2) is 36.9 Å². The van der Waals surface area contributed by atoms with Gasteiger partial charge in [-0.15, -0.1) is 0 Å². The monoisotopic (exact) mass is 246 g/mol. The Kier molecular flexibility index (Phi) is 21.7. The molecular formula is C13H30N2O2. The minimum absolute atomic E-state index is 0.443. The van der Waals surface area contributed by atoms with Crippen LogP contribution in [-0.2, 0) is 9.59 Å². The molecule has 0 aliphatic rings. The van der Waals surface area contributed by atoms with Gasteiger partial charge in [0.05, 0.1) is 0 Å². The number of hydrogen-bond donors (Lipinski definition) is 1. The molecule has 0 aliphatic heterocycles. The van der Waals surface area contributed by atoms with E-state index in [1.54, 1.807) is 0 Å². The third-order valence-electron chi connectivity index (χ3n) is 1.58. The first-order valence-corrected chi connectivity index (χ1v) is 6.59. The SMILES string of the molecule is CC.CCC.CCCN(CC)C(=O)C(=O)NC. The summed E-state index contributed by atoms with van der Waals surface area (Å²) in [4.78, 5) is 23.6. The van der Waals surface area contributed by atoms with E-state index in [0.717, 1.165) is 6.42 Å². The van der Waals surface area contributed by atoms with Gasteiger partial charge >= 0.3 is 11.8 Å². The van der Waals surface area contributed by atoms with Gasteiger partial charge in [0.2, 0.25) is 0 Å². The summed E-state index contributed by atoms with van der Waals surface area (Å²) in [7, 11) is 1.46. The molecule has 0 aromatic rings. The molecule has 0 aromatic heterocycles. The first-order chi connectivity index (χ1) is 8.08. The summed E-state index contributed by atoms with van der Waals surface area (Å²) in [6.07, 6.45) is 2.12. The summed E-state index contributed by atoms with van der Waals surface area (Å²) >= 11 is 0. The molecule has 0 radical (unpaired) electrons. The second-order valence-corrected chi connectivity index (χ2v) is 3.17. The molecule has 1 N–H and O–H groups in total. The number of likely N-dealkylation sites (N-methyl/N-ethyl adjacent to an activating group) is 2. The number of rotatable bonds is 3. The average molecular weight is 246 g/mol. The first kappa shape index (κ1) is 21.2. The Balaban J connectivity index is -0.000000337. The van der Waals surface area contributed by atoms with Crippen LogP contribution < -0.4 is 5.32 Å². The Labute approximate surface area is 107 Å². The topological polar surface area (TPSA) is 49.4 Å². The quantitative estimate of drug-likeness (QED) is 0.778. The predicted molar refractivity (Wildman–Crippen MR) is 73.9 cm³/mol. The van der Waals surface area contributed by atoms with Crippen molar-refractivity contribution in [3.05, 3.63) is 0 Å². The van der Waals surface area contributed by atoms with Crippen molar-refractivity contribution < 1.29 is 9.59 Å². The number of nitrogens with one attached hydrogen (secondary N) is 1. The van der Waals surface area contributed by atoms with Gasteiger partial charge in [-0.1, -0.05) is 41.0 Å². The van der Waals surface area contributed by atoms with Gasteiger partial charge in [0.15, 0.2) is 0 Å². The molecule has 4 nitrogen and oxygen atoms in total. The molecule has 17 heavy (non-hydrogen) atoms. The molecule has 0 aliphatic carbocycles. The van der Waals surface area contributed by atoms with Gasteiger partial charge < -0.3 is 10.2 Å². The Morgan fingerprint density at radius 3 is 1.71 bits per heavy atom. The lowest BCUT2D eigenvalue weighted by atomic mass is 10.4. The maximum atomic E-state index is 11.2. The van der Waals surface area contributed by atoms with Crippen LogP contribution in [0.25, 0.3) is 0 Å². The number of amides is 2. The van der Waals surface area contributed by atoms with Crippen molar-refractivity contribution in [1.82, 2.24) is 10.2 Å². The Morgan fingerprint density at radius 1 is 1.06 bits per heavy atom. The molecule has 0 saturated heterocycles. The van der Waals surface area contributed by atoms with E-state index in [2.05, 4.69) is 19.2 Å². The molecule has 0 aromatic carbocycles. The van der Waals surface area contributed by atoms with Crippen molar-refractivity contribution in [3.8, 4) is 0 Å². The van der Waals surface area contributed by atoms with E-state index < -0.39 is 11.8 Å². The van der Waals surface area contributed by atoms with Crippen LogP contribution >= 0.6 is 0 Å². The van der Waals surface area contributed by atoms with Gasteiger partial charge in [-0.3, -0.25) is 9.59 Å². The highest BCUT2D eigenvalue weighted by Crippen LogP contribution is 1.91. The van der Waals surface area contributed by atoms with Crippen LogP contribution in [0.5, 0.6) is 0 Å². The fraction of sp³-hybridized carbons (Fsp3) is 0.846. The standard InChI is InChI=1S/C8H16N2O2.C3H8.C2H6/c1-4-6-10(5-2)8(12)7(11)9-3;1-3-2;1-2/h4-6H2,1-3H3,(H,9,11);3H2,1-2H3;1-2H3. The lowest BCUT2D eigenvalue weighted by molar-refractivity contribution is -0.145. The third kappa shape index (κ3) is 12.9. The van der Waals surface area contributed by atoms with Crippen molar-refractivity contribution in [2.75, 3.05) is 20.1 Å². The Bertz CT molecular complexity index is 182. The summed E-state index contributed by atoms with van der Waals surface area (Å²) in [6.45, 7) is 13.3. The highest BCUT2D eigenvalue weighted by Gasteiger charge is 2.17. The molecule has 0 saturated carbocycles. The van der Waals surface area contributed by atoms with E-state index in [1.807, 2.05) is 27.7 Å². The Hall–Kier alpha value is -1.06. The van der Waals surface area contributed by atoms with Gasteiger partial charge in [-0.2, -0.15) is 0 Å². The molecular weight excluding hydrogens is 216 g/mol. The maximum Gasteiger partial charge on any atom is 0.311 e. The summed E-state index contributed by atoms with van der Waals surface area (Å²) in [6, 6.07) is 0. The minimum atomic E-state index is -0.537. The number of carbonyl (C=O) groups excluding carboxylic acids is 2. The first-order valence-electron chi connectivity index (χ1n) is 6.59. The molecule has 0 spiro atoms. The van der Waals surface area contributed by atoms with E-state index in [0.29, 0.717) is 13.1 Å². The van der Waals surface area contributed by atoms with Crippen LogP contribution in [0.2, 0.25) is 0 Å². The average Bonchev–Trinajstić information content (AvgIpc) is 2.37. The van der Waals surface area contributed by atoms with Gasteiger partial charge in [-0.05, 0) is 13.3 Å². The van der Waals surface area contributed by atoms with Crippen molar-refractivity contribution >= 4 is 11.8 Å². The lowest BCUT2D eigenvalue weighted by Crippen LogP contribution is -2.41. The number of carbonyl (C=O) groups is 2. The fourth-order valence-corrected chi connectivity index (χ4v) is 0.924. The minimum Gasteiger partial charge on any atom is -0.351 e. The normalized spacial score (nSPS) is 7.94. The molecule has 104 valence electrons. The van der Waals surface area contributed by atoms with E-state index in [4.69, 9.17) is 0 Å². The van der Waals surface area contributed by atoms with E-state index in [-0.39, 0.29) is 0 Å². The molecule has 0 rings (SSSR count). The zero-order valence-corrected chi connectivity index (χ0v) is 12.6. The highest BCUT2D eigenvalue weighted by atomic mass is 16.2. The van der Waals surface area contributed by atoms with Gasteiger partial charge in [0, 0.05) is 20.1 Å². The molecule has 0 heterocycles. The number of hydrogen-bond acceptors (Lipinski definition) is 2. The lowest BCUT2D eigenvalue weighted by Gasteiger charge is -2.18. The zero-order valence-electron chi connectivity index (χ0n) is 12.6. The van der Waals surface area contributed by atoms with Crippen molar-refractivity contribution in [3.63, 3.8) is 0 Å². The van der Waals surface area contributed by atoms with Crippen LogP contribution in [0.15, 0.2) is 0 Å². The van der Waals surface area contributed by atoms with E-state index >= 15 is 0 Å². The highest BCUT2D eigenvalue weighted by molar-refractivity contribution is 6.34. The molecule has 0 atom stereocenters. The van der Waals surface area contributed by atoms with Crippen molar-refractivity contribution in [2.45, 2.75) is 54.4 Å². The van der Waals surface area contributed by atoms with E-state index in [1.165, 1.54) is 18.4 Å². The second kappa shape index (κ2) is 17.3. The second-order valence-electron chi connectivity index (χ2n) is 3.17. The smallest absolute Gasteiger partial charge is 0.311 e. The fourth-order valence-electron chi connectivity index (χ4n) is 0.924. The molecule has 2 amide bonds. The molecule has 0 fully saturated rings. The summed E-state index contributed by atoms with van der Waals surface area (Å²) in [5.41, 5.74) is 0. The van der Waals surface area contributed by atoms with Crippen LogP contribution in [0.1, 0.15) is 54.4 Å². The van der Waals surface area contributed by atoms with Crippen LogP contribution in [0.3, 0.4) is 0 Å². The molecule has 0 unspecified atom stereocenters. The summed E-state index contributed by atoms with van der Waals surface area (Å²) in [5, 5.41) is 2.31. The van der Waals surface area contributed by atoms with Crippen molar-refractivity contribution in [1.29, 1.82) is 0 Å². The molecule has 4 heteroatoms. The van der Waals surface area contributed by atoms with Gasteiger partial charge in [-0.25, -0.2) is 0 Å². The molecule has 0 bridgehead atoms. The van der Waals surface area contributed by atoms with Crippen LogP contribution in [0, 0.1) is 0 Å². The summed E-state index contributed by atoms with van der Waals surface area (Å²) in [5.74, 6) is -0.979. The Morgan fingerprint density at radius 2 is 1.47 bits per heavy atom. The predicted octanol–water partition coefficient (Wildman–Crippen LogP) is 2.43. The van der Waals surface area contributed by atoms with E-state index in [9.17, 15) is 9.59 Å². The zero-order chi connectivity index (χ0) is 14.3. The largest absolute Gasteiger partial charge is 0.351 e.